The molecule has 2 N–H and O–H groups in total. The van der Waals surface area contributed by atoms with Gasteiger partial charge in [-0.1, -0.05) is 54.1 Å². The first-order valence-electron chi connectivity index (χ1n) is 7.40. The number of carbonyl (C=O) groups excluding carboxylic acids is 1. The third-order valence-electron chi connectivity index (χ3n) is 3.90. The van der Waals surface area contributed by atoms with Gasteiger partial charge in [0.1, 0.15) is 0 Å². The number of aryl methyl sites for hydroxylation is 1. The summed E-state index contributed by atoms with van der Waals surface area (Å²) in [5, 5.41) is 6.21. The normalized spacial score (nSPS) is 18.3. The minimum atomic E-state index is -0.135. The molecular weight excluding hydrogens is 260 g/mol. The van der Waals surface area contributed by atoms with Crippen molar-refractivity contribution in [3.05, 3.63) is 59.7 Å². The molecule has 0 radical (unpaired) electrons. The van der Waals surface area contributed by atoms with Crippen LogP contribution in [0.15, 0.2) is 48.5 Å². The molecule has 1 heterocycles. The summed E-state index contributed by atoms with van der Waals surface area (Å²) < 4.78 is 0. The van der Waals surface area contributed by atoms with Gasteiger partial charge >= 0.3 is 0 Å². The monoisotopic (exact) mass is 280 g/mol. The van der Waals surface area contributed by atoms with Crippen LogP contribution in [0.4, 0.5) is 0 Å². The van der Waals surface area contributed by atoms with Crippen molar-refractivity contribution < 1.29 is 4.79 Å². The number of rotatable bonds is 3. The average Bonchev–Trinajstić information content (AvgIpc) is 2.50. The predicted molar refractivity (Wildman–Crippen MR) is 85.1 cm³/mol. The molecule has 1 amide bonds. The second kappa shape index (κ2) is 6.10. The lowest BCUT2D eigenvalue weighted by Gasteiger charge is -2.24. The van der Waals surface area contributed by atoms with Crippen molar-refractivity contribution in [2.75, 3.05) is 13.1 Å². The molecule has 1 saturated heterocycles. The van der Waals surface area contributed by atoms with Gasteiger partial charge in [-0.05, 0) is 30.0 Å². The molecule has 1 aliphatic rings. The lowest BCUT2D eigenvalue weighted by molar-refractivity contribution is -0.124. The molecule has 0 saturated carbocycles. The Hall–Kier alpha value is -2.13. The second-order valence-corrected chi connectivity index (χ2v) is 5.53. The summed E-state index contributed by atoms with van der Waals surface area (Å²) in [6.45, 7) is 3.65. The van der Waals surface area contributed by atoms with Gasteiger partial charge in [-0.2, -0.15) is 0 Å². The molecule has 21 heavy (non-hydrogen) atoms. The Morgan fingerprint density at radius 3 is 2.76 bits per heavy atom. The highest BCUT2D eigenvalue weighted by molar-refractivity contribution is 5.83. The molecule has 0 aromatic heterocycles. The van der Waals surface area contributed by atoms with Gasteiger partial charge in [0.15, 0.2) is 0 Å². The number of benzene rings is 2. The molecule has 2 aromatic carbocycles. The zero-order valence-electron chi connectivity index (χ0n) is 12.2. The van der Waals surface area contributed by atoms with E-state index >= 15 is 0 Å². The Morgan fingerprint density at radius 1 is 1.10 bits per heavy atom. The van der Waals surface area contributed by atoms with E-state index in [0.29, 0.717) is 0 Å². The van der Waals surface area contributed by atoms with Crippen LogP contribution in [0.25, 0.3) is 11.1 Å². The first kappa shape index (κ1) is 13.8. The van der Waals surface area contributed by atoms with Crippen molar-refractivity contribution in [1.82, 2.24) is 10.6 Å². The lowest BCUT2D eigenvalue weighted by atomic mass is 9.94. The minimum absolute atomic E-state index is 0.0975. The topological polar surface area (TPSA) is 41.1 Å². The first-order chi connectivity index (χ1) is 10.2. The predicted octanol–water partition coefficient (Wildman–Crippen LogP) is 2.29. The number of carbonyl (C=O) groups is 1. The Balaban J connectivity index is 1.91. The maximum atomic E-state index is 11.9. The molecule has 0 bridgehead atoms. The van der Waals surface area contributed by atoms with Gasteiger partial charge in [-0.3, -0.25) is 4.79 Å². The zero-order valence-corrected chi connectivity index (χ0v) is 12.2. The van der Waals surface area contributed by atoms with Gasteiger partial charge in [0.05, 0.1) is 6.04 Å². The lowest BCUT2D eigenvalue weighted by Crippen LogP contribution is -2.53. The molecule has 2 aromatic rings. The highest BCUT2D eigenvalue weighted by Crippen LogP contribution is 2.25. The van der Waals surface area contributed by atoms with Crippen molar-refractivity contribution in [3.63, 3.8) is 0 Å². The summed E-state index contributed by atoms with van der Waals surface area (Å²) in [5.74, 6) is 0.0975. The summed E-state index contributed by atoms with van der Waals surface area (Å²) in [6, 6.07) is 16.7. The highest BCUT2D eigenvalue weighted by Gasteiger charge is 2.22. The van der Waals surface area contributed by atoms with Gasteiger partial charge in [-0.15, -0.1) is 0 Å². The molecule has 0 spiro atoms. The SMILES string of the molecule is Cc1cccc(-c2ccccc2C[C@@H]2NCCNC2=O)c1. The smallest absolute Gasteiger partial charge is 0.237 e. The molecule has 1 atom stereocenters. The number of nitrogens with one attached hydrogen (secondary N) is 2. The van der Waals surface area contributed by atoms with E-state index in [1.54, 1.807) is 0 Å². The van der Waals surface area contributed by atoms with E-state index in [0.717, 1.165) is 19.5 Å². The quantitative estimate of drug-likeness (QED) is 0.905. The third kappa shape index (κ3) is 3.14. The Labute approximate surface area is 125 Å². The van der Waals surface area contributed by atoms with Gasteiger partial charge < -0.3 is 10.6 Å². The first-order valence-corrected chi connectivity index (χ1v) is 7.40. The van der Waals surface area contributed by atoms with E-state index in [-0.39, 0.29) is 11.9 Å². The Kier molecular flexibility index (Phi) is 4.02. The number of hydrogen-bond acceptors (Lipinski definition) is 2. The van der Waals surface area contributed by atoms with Crippen LogP contribution in [0.1, 0.15) is 11.1 Å². The van der Waals surface area contributed by atoms with Crippen LogP contribution in [-0.2, 0) is 11.2 Å². The third-order valence-corrected chi connectivity index (χ3v) is 3.90. The van der Waals surface area contributed by atoms with Crippen LogP contribution in [0.3, 0.4) is 0 Å². The standard InChI is InChI=1S/C18H20N2O/c1-13-5-4-7-14(11-13)16-8-3-2-6-15(16)12-17-18(21)20-10-9-19-17/h2-8,11,17,19H,9-10,12H2,1H3,(H,20,21)/t17-/m0/s1. The van der Waals surface area contributed by atoms with Crippen LogP contribution in [0.2, 0.25) is 0 Å². The van der Waals surface area contributed by atoms with Crippen LogP contribution < -0.4 is 10.6 Å². The van der Waals surface area contributed by atoms with Gasteiger partial charge in [0.2, 0.25) is 5.91 Å². The molecule has 1 aliphatic heterocycles. The second-order valence-electron chi connectivity index (χ2n) is 5.53. The van der Waals surface area contributed by atoms with Crippen molar-refractivity contribution in [2.45, 2.75) is 19.4 Å². The zero-order chi connectivity index (χ0) is 14.7. The molecule has 0 unspecified atom stereocenters. The molecule has 1 fully saturated rings. The summed E-state index contributed by atoms with van der Waals surface area (Å²) in [7, 11) is 0. The van der Waals surface area contributed by atoms with Crippen molar-refractivity contribution in [1.29, 1.82) is 0 Å². The maximum absolute atomic E-state index is 11.9. The number of piperazine rings is 1. The number of amides is 1. The fourth-order valence-corrected chi connectivity index (χ4v) is 2.83. The molecule has 3 nitrogen and oxygen atoms in total. The van der Waals surface area contributed by atoms with E-state index in [2.05, 4.69) is 60.0 Å². The number of hydrogen-bond donors (Lipinski definition) is 2. The summed E-state index contributed by atoms with van der Waals surface area (Å²) in [5.41, 5.74) is 4.87. The summed E-state index contributed by atoms with van der Waals surface area (Å²) >= 11 is 0. The van der Waals surface area contributed by atoms with Gasteiger partial charge in [-0.25, -0.2) is 0 Å². The van der Waals surface area contributed by atoms with Gasteiger partial charge in [0.25, 0.3) is 0 Å². The average molecular weight is 280 g/mol. The van der Waals surface area contributed by atoms with E-state index in [9.17, 15) is 4.79 Å². The minimum Gasteiger partial charge on any atom is -0.353 e. The fourth-order valence-electron chi connectivity index (χ4n) is 2.83. The fraction of sp³-hybridized carbons (Fsp3) is 0.278. The Morgan fingerprint density at radius 2 is 1.95 bits per heavy atom. The largest absolute Gasteiger partial charge is 0.353 e. The van der Waals surface area contributed by atoms with Crippen LogP contribution in [-0.4, -0.2) is 25.0 Å². The van der Waals surface area contributed by atoms with Crippen molar-refractivity contribution in [3.8, 4) is 11.1 Å². The maximum Gasteiger partial charge on any atom is 0.237 e. The van der Waals surface area contributed by atoms with Crippen molar-refractivity contribution >= 4 is 5.91 Å². The summed E-state index contributed by atoms with van der Waals surface area (Å²) in [4.78, 5) is 11.9. The van der Waals surface area contributed by atoms with E-state index in [1.165, 1.54) is 22.3 Å². The molecule has 0 aliphatic carbocycles. The van der Waals surface area contributed by atoms with Crippen LogP contribution in [0.5, 0.6) is 0 Å². The van der Waals surface area contributed by atoms with Crippen LogP contribution >= 0.6 is 0 Å². The van der Waals surface area contributed by atoms with E-state index < -0.39 is 0 Å². The van der Waals surface area contributed by atoms with Crippen LogP contribution in [0, 0.1) is 6.92 Å². The molecule has 3 heteroatoms. The Bertz CT molecular complexity index is 651. The molecule has 3 rings (SSSR count). The highest BCUT2D eigenvalue weighted by atomic mass is 16.2. The van der Waals surface area contributed by atoms with Crippen molar-refractivity contribution in [2.24, 2.45) is 0 Å². The van der Waals surface area contributed by atoms with Gasteiger partial charge in [0, 0.05) is 13.1 Å². The molecular formula is C18H20N2O. The van der Waals surface area contributed by atoms with E-state index in [4.69, 9.17) is 0 Å². The molecule has 108 valence electrons. The van der Waals surface area contributed by atoms with E-state index in [1.807, 2.05) is 6.07 Å². The summed E-state index contributed by atoms with van der Waals surface area (Å²) in [6.07, 6.45) is 0.718.